The van der Waals surface area contributed by atoms with Crippen LogP contribution in [0.2, 0.25) is 0 Å². The third-order valence-electron chi connectivity index (χ3n) is 4.63. The number of hydrogen-bond donors (Lipinski definition) is 1. The third kappa shape index (κ3) is 2.83. The molecular formula is C14H24N4O2. The van der Waals surface area contributed by atoms with E-state index < -0.39 is 11.4 Å². The van der Waals surface area contributed by atoms with Gasteiger partial charge in [-0.1, -0.05) is 33.1 Å². The average molecular weight is 280 g/mol. The van der Waals surface area contributed by atoms with Crippen LogP contribution in [0.25, 0.3) is 0 Å². The smallest absolute Gasteiger partial charge is 0.311 e. The molecule has 0 bridgehead atoms. The summed E-state index contributed by atoms with van der Waals surface area (Å²) in [7, 11) is 0. The highest BCUT2D eigenvalue weighted by molar-refractivity contribution is 5.74. The van der Waals surface area contributed by atoms with Gasteiger partial charge in [-0.2, -0.15) is 0 Å². The molecule has 1 aromatic rings. The highest BCUT2D eigenvalue weighted by atomic mass is 16.4. The van der Waals surface area contributed by atoms with Gasteiger partial charge in [-0.15, -0.1) is 5.10 Å². The number of carboxylic acid groups (broad SMARTS) is 1. The van der Waals surface area contributed by atoms with Crippen LogP contribution in [0.1, 0.15) is 70.5 Å². The molecule has 0 radical (unpaired) electrons. The zero-order chi connectivity index (χ0) is 14.6. The number of carbonyl (C=O) groups is 1. The molecule has 6 nitrogen and oxygen atoms in total. The molecule has 1 saturated carbocycles. The zero-order valence-corrected chi connectivity index (χ0v) is 12.4. The fourth-order valence-electron chi connectivity index (χ4n) is 3.23. The number of aliphatic carboxylic acids is 1. The van der Waals surface area contributed by atoms with E-state index in [9.17, 15) is 9.90 Å². The van der Waals surface area contributed by atoms with Gasteiger partial charge >= 0.3 is 5.97 Å². The molecule has 0 atom stereocenters. The summed E-state index contributed by atoms with van der Waals surface area (Å²) < 4.78 is 1.73. The Balaban J connectivity index is 2.23. The Morgan fingerprint density at radius 3 is 2.50 bits per heavy atom. The zero-order valence-electron chi connectivity index (χ0n) is 12.4. The molecule has 0 unspecified atom stereocenters. The van der Waals surface area contributed by atoms with Crippen molar-refractivity contribution >= 4 is 5.97 Å². The first kappa shape index (κ1) is 14.9. The van der Waals surface area contributed by atoms with E-state index in [1.165, 1.54) is 0 Å². The minimum Gasteiger partial charge on any atom is -0.481 e. The van der Waals surface area contributed by atoms with Gasteiger partial charge < -0.3 is 5.11 Å². The van der Waals surface area contributed by atoms with Crippen molar-refractivity contribution in [2.75, 3.05) is 0 Å². The van der Waals surface area contributed by atoms with Crippen LogP contribution in [-0.2, 0) is 11.3 Å². The Hall–Kier alpha value is -1.46. The minimum absolute atomic E-state index is 0.305. The molecule has 0 amide bonds. The Morgan fingerprint density at radius 2 is 1.95 bits per heavy atom. The maximum Gasteiger partial charge on any atom is 0.311 e. The van der Waals surface area contributed by atoms with Gasteiger partial charge in [0.2, 0.25) is 0 Å². The van der Waals surface area contributed by atoms with Gasteiger partial charge in [0.15, 0.2) is 5.82 Å². The lowest BCUT2D eigenvalue weighted by Crippen LogP contribution is -2.38. The number of hydrogen-bond acceptors (Lipinski definition) is 4. The second kappa shape index (κ2) is 6.33. The van der Waals surface area contributed by atoms with Crippen molar-refractivity contribution in [1.29, 1.82) is 0 Å². The van der Waals surface area contributed by atoms with E-state index in [1.807, 2.05) is 0 Å². The Labute approximate surface area is 119 Å². The molecule has 20 heavy (non-hydrogen) atoms. The van der Waals surface area contributed by atoms with Gasteiger partial charge in [-0.3, -0.25) is 4.79 Å². The van der Waals surface area contributed by atoms with Gasteiger partial charge in [-0.05, 0) is 36.1 Å². The maximum absolute atomic E-state index is 11.7. The number of nitrogens with zero attached hydrogens (tertiary/aromatic N) is 4. The summed E-state index contributed by atoms with van der Waals surface area (Å²) in [5.41, 5.74) is -0.686. The van der Waals surface area contributed by atoms with E-state index >= 15 is 0 Å². The molecule has 0 aromatic carbocycles. The lowest BCUT2D eigenvalue weighted by molar-refractivity contribution is -0.152. The molecule has 2 rings (SSSR count). The molecule has 112 valence electrons. The van der Waals surface area contributed by atoms with Crippen LogP contribution < -0.4 is 0 Å². The van der Waals surface area contributed by atoms with Crippen LogP contribution >= 0.6 is 0 Å². The third-order valence-corrected chi connectivity index (χ3v) is 4.63. The minimum atomic E-state index is -0.705. The second-order valence-corrected chi connectivity index (χ2v) is 5.85. The standard InChI is InChI=1S/C14H24N4O2/c1-3-11(4-2)12-15-16-17-18(12)10-14(13(19)20)8-6-5-7-9-14/h11H,3-10H2,1-2H3,(H,19,20). The first-order valence-corrected chi connectivity index (χ1v) is 7.62. The largest absolute Gasteiger partial charge is 0.481 e. The van der Waals surface area contributed by atoms with Crippen molar-refractivity contribution in [2.45, 2.75) is 71.3 Å². The highest BCUT2D eigenvalue weighted by Crippen LogP contribution is 2.38. The summed E-state index contributed by atoms with van der Waals surface area (Å²) in [6.45, 7) is 4.63. The summed E-state index contributed by atoms with van der Waals surface area (Å²) >= 11 is 0. The topological polar surface area (TPSA) is 80.9 Å². The first-order valence-electron chi connectivity index (χ1n) is 7.62. The van der Waals surface area contributed by atoms with Crippen LogP contribution in [0.15, 0.2) is 0 Å². The van der Waals surface area contributed by atoms with Crippen molar-refractivity contribution in [3.05, 3.63) is 5.82 Å². The number of rotatable bonds is 6. The monoisotopic (exact) mass is 280 g/mol. The fourth-order valence-corrected chi connectivity index (χ4v) is 3.23. The summed E-state index contributed by atoms with van der Waals surface area (Å²) in [5, 5.41) is 21.6. The van der Waals surface area contributed by atoms with E-state index in [4.69, 9.17) is 0 Å². The van der Waals surface area contributed by atoms with Crippen LogP contribution in [0.4, 0.5) is 0 Å². The van der Waals surface area contributed by atoms with E-state index in [-0.39, 0.29) is 0 Å². The van der Waals surface area contributed by atoms with Gasteiger partial charge in [0.25, 0.3) is 0 Å². The van der Waals surface area contributed by atoms with Gasteiger partial charge in [0, 0.05) is 5.92 Å². The predicted octanol–water partition coefficient (Wildman–Crippen LogP) is 2.61. The lowest BCUT2D eigenvalue weighted by atomic mass is 9.74. The Kier molecular flexibility index (Phi) is 4.73. The molecule has 1 aliphatic carbocycles. The van der Waals surface area contributed by atoms with Crippen molar-refractivity contribution in [2.24, 2.45) is 5.41 Å². The van der Waals surface area contributed by atoms with Crippen molar-refractivity contribution in [1.82, 2.24) is 20.2 Å². The molecule has 6 heteroatoms. The Bertz CT molecular complexity index is 448. The Morgan fingerprint density at radius 1 is 1.30 bits per heavy atom. The molecule has 0 spiro atoms. The number of carboxylic acids is 1. The predicted molar refractivity (Wildman–Crippen MR) is 74.3 cm³/mol. The normalized spacial score (nSPS) is 18.4. The van der Waals surface area contributed by atoms with Gasteiger partial charge in [0.1, 0.15) is 0 Å². The molecular weight excluding hydrogens is 256 g/mol. The quantitative estimate of drug-likeness (QED) is 0.866. The lowest BCUT2D eigenvalue weighted by Gasteiger charge is -2.33. The molecule has 0 aliphatic heterocycles. The van der Waals surface area contributed by atoms with Crippen molar-refractivity contribution in [3.63, 3.8) is 0 Å². The summed E-state index contributed by atoms with van der Waals surface area (Å²) in [6, 6.07) is 0. The average Bonchev–Trinajstić information content (AvgIpc) is 2.89. The SMILES string of the molecule is CCC(CC)c1nnnn1CC1(C(=O)O)CCCCC1. The second-order valence-electron chi connectivity index (χ2n) is 5.85. The van der Waals surface area contributed by atoms with E-state index in [1.54, 1.807) is 4.68 Å². The molecule has 0 saturated heterocycles. The summed E-state index contributed by atoms with van der Waals surface area (Å²) in [6.07, 6.45) is 6.48. The fraction of sp³-hybridized carbons (Fsp3) is 0.857. The summed E-state index contributed by atoms with van der Waals surface area (Å²) in [5.74, 6) is 0.434. The van der Waals surface area contributed by atoms with Crippen molar-refractivity contribution < 1.29 is 9.90 Å². The molecule has 1 aliphatic rings. The number of tetrazole rings is 1. The highest BCUT2D eigenvalue weighted by Gasteiger charge is 2.41. The van der Waals surface area contributed by atoms with Gasteiger partial charge in [-0.25, -0.2) is 4.68 Å². The number of aromatic nitrogens is 4. The molecule has 1 fully saturated rings. The van der Waals surface area contributed by atoms with E-state index in [2.05, 4.69) is 29.4 Å². The van der Waals surface area contributed by atoms with E-state index in [0.717, 1.165) is 50.8 Å². The van der Waals surface area contributed by atoms with E-state index in [0.29, 0.717) is 12.5 Å². The molecule has 1 heterocycles. The van der Waals surface area contributed by atoms with Crippen molar-refractivity contribution in [3.8, 4) is 0 Å². The first-order chi connectivity index (χ1) is 9.63. The van der Waals surface area contributed by atoms with Crippen LogP contribution in [0.3, 0.4) is 0 Å². The van der Waals surface area contributed by atoms with Crippen LogP contribution in [0.5, 0.6) is 0 Å². The molecule has 1 aromatic heterocycles. The van der Waals surface area contributed by atoms with Crippen LogP contribution in [-0.4, -0.2) is 31.3 Å². The molecule has 1 N–H and O–H groups in total. The van der Waals surface area contributed by atoms with Crippen LogP contribution in [0, 0.1) is 5.41 Å². The maximum atomic E-state index is 11.7. The van der Waals surface area contributed by atoms with Gasteiger partial charge in [0.05, 0.1) is 12.0 Å². The summed E-state index contributed by atoms with van der Waals surface area (Å²) in [4.78, 5) is 11.7.